The predicted molar refractivity (Wildman–Crippen MR) is 95.3 cm³/mol. The Bertz CT molecular complexity index is 421. The van der Waals surface area contributed by atoms with Crippen LogP contribution in [-0.4, -0.2) is 18.0 Å². The van der Waals surface area contributed by atoms with Crippen LogP contribution < -0.4 is 0 Å². The van der Waals surface area contributed by atoms with Crippen molar-refractivity contribution in [2.75, 3.05) is 7.05 Å². The number of likely N-dealkylation sites (N-methyl/N-ethyl adjacent to an activating group) is 1. The van der Waals surface area contributed by atoms with Crippen molar-refractivity contribution >= 4 is 0 Å². The lowest BCUT2D eigenvalue weighted by Gasteiger charge is -2.33. The fourth-order valence-corrected chi connectivity index (χ4v) is 3.87. The highest BCUT2D eigenvalue weighted by molar-refractivity contribution is 5.44. The Balaban J connectivity index is 3.13. The molecule has 21 heavy (non-hydrogen) atoms. The van der Waals surface area contributed by atoms with E-state index in [1.165, 1.54) is 31.3 Å². The number of rotatable bonds is 7. The summed E-state index contributed by atoms with van der Waals surface area (Å²) in [7, 11) is 2.14. The van der Waals surface area contributed by atoms with E-state index in [1.54, 1.807) is 11.1 Å². The zero-order valence-electron chi connectivity index (χ0n) is 15.3. The molecular weight excluding hydrogens is 254 g/mol. The van der Waals surface area contributed by atoms with Crippen molar-refractivity contribution in [3.63, 3.8) is 0 Å². The topological polar surface area (TPSA) is 3.24 Å². The van der Waals surface area contributed by atoms with E-state index in [0.717, 1.165) is 5.92 Å². The Morgan fingerprint density at radius 2 is 2.00 bits per heavy atom. The van der Waals surface area contributed by atoms with Gasteiger partial charge in [-0.25, -0.2) is 0 Å². The van der Waals surface area contributed by atoms with E-state index in [4.69, 9.17) is 0 Å². The largest absolute Gasteiger partial charge is 0.371 e. The molecule has 1 aliphatic carbocycles. The van der Waals surface area contributed by atoms with Crippen LogP contribution in [0.25, 0.3) is 0 Å². The normalized spacial score (nSPS) is 22.0. The maximum absolute atomic E-state index is 3.95. The molecule has 0 aromatic rings. The monoisotopic (exact) mass is 289 g/mol. The van der Waals surface area contributed by atoms with Crippen LogP contribution in [0.5, 0.6) is 0 Å². The first kappa shape index (κ1) is 18.1. The summed E-state index contributed by atoms with van der Waals surface area (Å²) in [5, 5.41) is 0. The molecule has 0 spiro atoms. The molecule has 0 fully saturated rings. The number of hydrogen-bond donors (Lipinski definition) is 0. The second kappa shape index (κ2) is 7.33. The Kier molecular flexibility index (Phi) is 6.31. The summed E-state index contributed by atoms with van der Waals surface area (Å²) < 4.78 is 0. The second-order valence-electron chi connectivity index (χ2n) is 7.29. The van der Waals surface area contributed by atoms with E-state index in [-0.39, 0.29) is 5.41 Å². The Morgan fingerprint density at radius 1 is 1.38 bits per heavy atom. The third kappa shape index (κ3) is 3.81. The van der Waals surface area contributed by atoms with Gasteiger partial charge in [-0.2, -0.15) is 0 Å². The van der Waals surface area contributed by atoms with Crippen molar-refractivity contribution in [2.45, 2.75) is 73.3 Å². The van der Waals surface area contributed by atoms with Crippen LogP contribution in [0.3, 0.4) is 0 Å². The molecule has 0 saturated heterocycles. The van der Waals surface area contributed by atoms with Gasteiger partial charge in [-0.1, -0.05) is 70.8 Å². The van der Waals surface area contributed by atoms with Crippen molar-refractivity contribution < 1.29 is 0 Å². The summed E-state index contributed by atoms with van der Waals surface area (Å²) in [5.41, 5.74) is 4.82. The molecule has 0 amide bonds. The van der Waals surface area contributed by atoms with Crippen molar-refractivity contribution in [3.05, 3.63) is 35.6 Å². The highest BCUT2D eigenvalue weighted by atomic mass is 15.1. The maximum atomic E-state index is 3.95. The minimum atomic E-state index is 0.182. The summed E-state index contributed by atoms with van der Waals surface area (Å²) >= 11 is 0. The molecule has 0 aromatic carbocycles. The van der Waals surface area contributed by atoms with Gasteiger partial charge in [0, 0.05) is 12.5 Å². The molecule has 1 nitrogen and oxygen atoms in total. The first-order valence-electron chi connectivity index (χ1n) is 8.53. The van der Waals surface area contributed by atoms with Gasteiger partial charge >= 0.3 is 0 Å². The van der Waals surface area contributed by atoms with Gasteiger partial charge in [0.05, 0.1) is 6.04 Å². The summed E-state index contributed by atoms with van der Waals surface area (Å²) in [5.74, 6) is 0.826. The zero-order valence-corrected chi connectivity index (χ0v) is 15.3. The Morgan fingerprint density at radius 3 is 2.43 bits per heavy atom. The van der Waals surface area contributed by atoms with Crippen LogP contribution in [0.15, 0.2) is 35.6 Å². The lowest BCUT2D eigenvalue weighted by molar-refractivity contribution is 0.382. The molecule has 0 N–H and O–H groups in total. The van der Waals surface area contributed by atoms with Gasteiger partial charge in [0.15, 0.2) is 0 Å². The van der Waals surface area contributed by atoms with E-state index in [1.807, 2.05) is 6.20 Å². The highest BCUT2D eigenvalue weighted by Gasteiger charge is 2.40. The fourth-order valence-electron chi connectivity index (χ4n) is 3.87. The van der Waals surface area contributed by atoms with Crippen LogP contribution in [0.4, 0.5) is 0 Å². The standard InChI is InChI=1S/C20H35N/c1-9-12-16(10-2)13-17-14-18(21(8)11-3)19(15(4)5)20(17,6)7/h11,14,16,18H,3,9-10,12-13H2,1-2,4-8H3. The summed E-state index contributed by atoms with van der Waals surface area (Å²) in [6, 6.07) is 0.386. The smallest absolute Gasteiger partial charge is 0.0691 e. The summed E-state index contributed by atoms with van der Waals surface area (Å²) in [6.07, 6.45) is 9.62. The molecule has 1 rings (SSSR count). The van der Waals surface area contributed by atoms with Crippen LogP contribution in [0.2, 0.25) is 0 Å². The van der Waals surface area contributed by atoms with Crippen molar-refractivity contribution in [1.82, 2.24) is 4.90 Å². The number of nitrogens with zero attached hydrogens (tertiary/aromatic N) is 1. The maximum Gasteiger partial charge on any atom is 0.0691 e. The molecular formula is C20H35N. The Labute approximate surface area is 132 Å². The molecule has 120 valence electrons. The Hall–Kier alpha value is -0.980. The van der Waals surface area contributed by atoms with Gasteiger partial charge in [0.1, 0.15) is 0 Å². The van der Waals surface area contributed by atoms with Gasteiger partial charge < -0.3 is 4.90 Å². The molecule has 0 saturated carbocycles. The van der Waals surface area contributed by atoms with Crippen LogP contribution in [0.1, 0.15) is 67.2 Å². The molecule has 0 aliphatic heterocycles. The molecule has 1 heteroatoms. The van der Waals surface area contributed by atoms with Gasteiger partial charge in [0.25, 0.3) is 0 Å². The third-order valence-electron chi connectivity index (χ3n) is 5.18. The summed E-state index contributed by atoms with van der Waals surface area (Å²) in [4.78, 5) is 2.25. The van der Waals surface area contributed by atoms with E-state index in [0.29, 0.717) is 6.04 Å². The first-order valence-corrected chi connectivity index (χ1v) is 8.53. The van der Waals surface area contributed by atoms with Crippen molar-refractivity contribution in [1.29, 1.82) is 0 Å². The molecule has 0 aromatic heterocycles. The van der Waals surface area contributed by atoms with Crippen molar-refractivity contribution in [2.24, 2.45) is 11.3 Å². The molecule has 2 unspecified atom stereocenters. The number of hydrogen-bond acceptors (Lipinski definition) is 1. The van der Waals surface area contributed by atoms with E-state index < -0.39 is 0 Å². The molecule has 2 atom stereocenters. The number of allylic oxidation sites excluding steroid dienone is 2. The van der Waals surface area contributed by atoms with Gasteiger partial charge in [-0.05, 0) is 38.0 Å². The van der Waals surface area contributed by atoms with Crippen LogP contribution in [-0.2, 0) is 0 Å². The summed E-state index contributed by atoms with van der Waals surface area (Å²) in [6.45, 7) is 17.9. The van der Waals surface area contributed by atoms with E-state index in [9.17, 15) is 0 Å². The van der Waals surface area contributed by atoms with Gasteiger partial charge in [-0.15, -0.1) is 0 Å². The second-order valence-corrected chi connectivity index (χ2v) is 7.29. The SMILES string of the molecule is C=CN(C)C1C=C(CC(CC)CCC)C(C)(C)C1=C(C)C. The van der Waals surface area contributed by atoms with Crippen LogP contribution >= 0.6 is 0 Å². The van der Waals surface area contributed by atoms with Crippen LogP contribution in [0, 0.1) is 11.3 Å². The fraction of sp³-hybridized carbons (Fsp3) is 0.700. The van der Waals surface area contributed by atoms with Gasteiger partial charge in [0.2, 0.25) is 0 Å². The molecule has 0 heterocycles. The van der Waals surface area contributed by atoms with Crippen molar-refractivity contribution in [3.8, 4) is 0 Å². The zero-order chi connectivity index (χ0) is 16.2. The minimum Gasteiger partial charge on any atom is -0.371 e. The lowest BCUT2D eigenvalue weighted by atomic mass is 9.75. The third-order valence-corrected chi connectivity index (χ3v) is 5.18. The molecule has 1 aliphatic rings. The first-order chi connectivity index (χ1) is 9.79. The van der Waals surface area contributed by atoms with E-state index >= 15 is 0 Å². The highest BCUT2D eigenvalue weighted by Crippen LogP contribution is 2.48. The predicted octanol–water partition coefficient (Wildman–Crippen LogP) is 5.95. The minimum absolute atomic E-state index is 0.182. The average Bonchev–Trinajstić information content (AvgIpc) is 2.68. The van der Waals surface area contributed by atoms with E-state index in [2.05, 4.69) is 66.1 Å². The quantitative estimate of drug-likeness (QED) is 0.523. The lowest BCUT2D eigenvalue weighted by Crippen LogP contribution is -2.29. The molecule has 0 radical (unpaired) electrons. The average molecular weight is 290 g/mol. The molecule has 0 bridgehead atoms. The van der Waals surface area contributed by atoms with Gasteiger partial charge in [-0.3, -0.25) is 0 Å².